The number of pyridine rings is 1. The number of hydrogen-bond donors (Lipinski definition) is 2. The number of amides is 1. The number of aryl methyl sites for hydroxylation is 1. The number of carbonyl (C=O) groups excluding carboxylic acids is 1. The van der Waals surface area contributed by atoms with E-state index in [-0.39, 0.29) is 16.0 Å². The van der Waals surface area contributed by atoms with Crippen molar-refractivity contribution in [3.63, 3.8) is 0 Å². The fraction of sp³-hybridized carbons (Fsp3) is 0.400. The van der Waals surface area contributed by atoms with Gasteiger partial charge in [-0.1, -0.05) is 23.2 Å². The van der Waals surface area contributed by atoms with Crippen LogP contribution >= 0.6 is 23.2 Å². The van der Waals surface area contributed by atoms with Gasteiger partial charge in [-0.05, 0) is 32.4 Å². The zero-order chi connectivity index (χ0) is 15.5. The smallest absolute Gasteiger partial charge is 0.422 e. The predicted octanol–water partition coefficient (Wildman–Crippen LogP) is 2.49. The summed E-state index contributed by atoms with van der Waals surface area (Å²) >= 11 is 11.5. The average Bonchev–Trinajstić information content (AvgIpc) is 2.21. The van der Waals surface area contributed by atoms with E-state index in [1.54, 1.807) is 25.5 Å². The second-order valence-electron chi connectivity index (χ2n) is 4.09. The van der Waals surface area contributed by atoms with Crippen LogP contribution in [0, 0.1) is 6.92 Å². The third-order valence-electron chi connectivity index (χ3n) is 1.94. The van der Waals surface area contributed by atoms with E-state index < -0.39 is 22.4 Å². The van der Waals surface area contributed by atoms with Crippen molar-refractivity contribution in [1.82, 2.24) is 9.71 Å². The molecule has 112 valence electrons. The van der Waals surface area contributed by atoms with Crippen LogP contribution in [0.1, 0.15) is 19.4 Å². The van der Waals surface area contributed by atoms with Gasteiger partial charge in [0.25, 0.3) is 0 Å². The first kappa shape index (κ1) is 16.8. The lowest BCUT2D eigenvalue weighted by atomic mass is 10.3. The summed E-state index contributed by atoms with van der Waals surface area (Å²) in [6.07, 6.45) is -1.55. The van der Waals surface area contributed by atoms with Crippen molar-refractivity contribution in [1.29, 1.82) is 0 Å². The van der Waals surface area contributed by atoms with E-state index >= 15 is 0 Å². The minimum atomic E-state index is -4.18. The van der Waals surface area contributed by atoms with Gasteiger partial charge in [0, 0.05) is 0 Å². The van der Waals surface area contributed by atoms with Gasteiger partial charge in [-0.25, -0.2) is 14.5 Å². The Morgan fingerprint density at radius 1 is 1.40 bits per heavy atom. The second kappa shape index (κ2) is 6.47. The van der Waals surface area contributed by atoms with E-state index in [2.05, 4.69) is 14.4 Å². The highest BCUT2D eigenvalue weighted by atomic mass is 35.5. The van der Waals surface area contributed by atoms with E-state index in [0.717, 1.165) is 0 Å². The van der Waals surface area contributed by atoms with E-state index in [4.69, 9.17) is 23.2 Å². The zero-order valence-electron chi connectivity index (χ0n) is 10.9. The fourth-order valence-electron chi connectivity index (χ4n) is 1.23. The molecule has 0 radical (unpaired) electrons. The van der Waals surface area contributed by atoms with Crippen molar-refractivity contribution in [2.24, 2.45) is 0 Å². The highest BCUT2D eigenvalue weighted by Gasteiger charge is 2.19. The largest absolute Gasteiger partial charge is 0.446 e. The molecule has 0 saturated carbocycles. The molecular formula is C10H13Cl2N3O4S. The third kappa shape index (κ3) is 5.03. The molecule has 1 amide bonds. The number of nitrogens with one attached hydrogen (secondary N) is 2. The summed E-state index contributed by atoms with van der Waals surface area (Å²) in [6, 6.07) is 1.43. The Morgan fingerprint density at radius 3 is 2.50 bits per heavy atom. The molecule has 0 atom stereocenters. The quantitative estimate of drug-likeness (QED) is 0.820. The number of carbonyl (C=O) groups is 1. The van der Waals surface area contributed by atoms with Gasteiger partial charge in [-0.2, -0.15) is 8.42 Å². The molecule has 1 rings (SSSR count). The maximum Gasteiger partial charge on any atom is 0.422 e. The van der Waals surface area contributed by atoms with Crippen molar-refractivity contribution in [3.8, 4) is 0 Å². The van der Waals surface area contributed by atoms with Gasteiger partial charge in [0.05, 0.1) is 11.8 Å². The highest BCUT2D eigenvalue weighted by molar-refractivity contribution is 7.91. The molecule has 1 aromatic heterocycles. The SMILES string of the molecule is Cc1cc(Cl)nc(Cl)c1NS(=O)(=O)NC(=O)OC(C)C. The Kier molecular flexibility index (Phi) is 5.43. The van der Waals surface area contributed by atoms with E-state index in [1.807, 2.05) is 0 Å². The minimum absolute atomic E-state index is 0.0286. The zero-order valence-corrected chi connectivity index (χ0v) is 13.2. The molecule has 20 heavy (non-hydrogen) atoms. The number of ether oxygens (including phenoxy) is 1. The molecule has 0 unspecified atom stereocenters. The molecule has 1 aromatic rings. The topological polar surface area (TPSA) is 97.4 Å². The molecule has 0 aliphatic carbocycles. The number of aromatic nitrogens is 1. The first-order valence-electron chi connectivity index (χ1n) is 5.44. The molecule has 0 aliphatic heterocycles. The van der Waals surface area contributed by atoms with Crippen LogP contribution in [0.5, 0.6) is 0 Å². The highest BCUT2D eigenvalue weighted by Crippen LogP contribution is 2.26. The number of rotatable bonds is 4. The summed E-state index contributed by atoms with van der Waals surface area (Å²) in [4.78, 5) is 15.0. The van der Waals surface area contributed by atoms with Crippen LogP contribution in [0.15, 0.2) is 6.07 Å². The van der Waals surface area contributed by atoms with Gasteiger partial charge in [0.1, 0.15) is 5.15 Å². The predicted molar refractivity (Wildman–Crippen MR) is 76.3 cm³/mol. The van der Waals surface area contributed by atoms with Crippen molar-refractivity contribution >= 4 is 45.2 Å². The van der Waals surface area contributed by atoms with Crippen molar-refractivity contribution in [3.05, 3.63) is 21.9 Å². The number of anilines is 1. The molecule has 1 heterocycles. The molecule has 0 spiro atoms. The van der Waals surface area contributed by atoms with Crippen LogP contribution < -0.4 is 9.44 Å². The van der Waals surface area contributed by atoms with Crippen LogP contribution in [-0.4, -0.2) is 25.6 Å². The molecule has 0 aromatic carbocycles. The molecule has 2 N–H and O–H groups in total. The fourth-order valence-corrected chi connectivity index (χ4v) is 2.71. The first-order chi connectivity index (χ1) is 9.10. The number of halogens is 2. The Morgan fingerprint density at radius 2 is 2.00 bits per heavy atom. The summed E-state index contributed by atoms with van der Waals surface area (Å²) in [5, 5.41) is 0.000210. The van der Waals surface area contributed by atoms with Gasteiger partial charge < -0.3 is 4.74 Å². The van der Waals surface area contributed by atoms with Gasteiger partial charge in [-0.15, -0.1) is 0 Å². The molecule has 10 heteroatoms. The normalized spacial score (nSPS) is 11.3. The van der Waals surface area contributed by atoms with Crippen LogP contribution in [-0.2, 0) is 14.9 Å². The van der Waals surface area contributed by atoms with Gasteiger partial charge >= 0.3 is 16.3 Å². The number of hydrogen-bond acceptors (Lipinski definition) is 5. The van der Waals surface area contributed by atoms with Crippen LogP contribution in [0.3, 0.4) is 0 Å². The number of nitrogens with zero attached hydrogens (tertiary/aromatic N) is 1. The van der Waals surface area contributed by atoms with Crippen LogP contribution in [0.25, 0.3) is 0 Å². The lowest BCUT2D eigenvalue weighted by Gasteiger charge is -2.13. The van der Waals surface area contributed by atoms with Gasteiger partial charge in [0.2, 0.25) is 0 Å². The van der Waals surface area contributed by atoms with Crippen LogP contribution in [0.4, 0.5) is 10.5 Å². The van der Waals surface area contributed by atoms with Gasteiger partial charge in [-0.3, -0.25) is 4.72 Å². The van der Waals surface area contributed by atoms with Crippen molar-refractivity contribution in [2.45, 2.75) is 26.9 Å². The van der Waals surface area contributed by atoms with Gasteiger partial charge in [0.15, 0.2) is 5.15 Å². The van der Waals surface area contributed by atoms with E-state index in [0.29, 0.717) is 5.56 Å². The first-order valence-corrected chi connectivity index (χ1v) is 7.68. The standard InChI is InChI=1S/C10H13Cl2N3O4S/c1-5(2)19-10(16)15-20(17,18)14-8-6(3)4-7(11)13-9(8)12/h4-5,14H,1-3H3,(H,15,16). The minimum Gasteiger partial charge on any atom is -0.446 e. The Labute approximate surface area is 126 Å². The summed E-state index contributed by atoms with van der Waals surface area (Å²) in [6.45, 7) is 4.76. The maximum absolute atomic E-state index is 11.7. The molecule has 7 nitrogen and oxygen atoms in total. The monoisotopic (exact) mass is 341 g/mol. The average molecular weight is 342 g/mol. The van der Waals surface area contributed by atoms with E-state index in [1.165, 1.54) is 6.07 Å². The second-order valence-corrected chi connectivity index (χ2v) is 6.25. The summed E-state index contributed by atoms with van der Waals surface area (Å²) in [7, 11) is -4.18. The lowest BCUT2D eigenvalue weighted by molar-refractivity contribution is 0.121. The molecule has 0 aliphatic rings. The Balaban J connectivity index is 2.90. The van der Waals surface area contributed by atoms with E-state index in [9.17, 15) is 13.2 Å². The Hall–Kier alpha value is -1.25. The Bertz CT molecular complexity index is 596. The van der Waals surface area contributed by atoms with Crippen molar-refractivity contribution < 1.29 is 17.9 Å². The molecular weight excluding hydrogens is 329 g/mol. The third-order valence-corrected chi connectivity index (χ3v) is 3.31. The molecule has 0 bridgehead atoms. The molecule has 0 fully saturated rings. The summed E-state index contributed by atoms with van der Waals surface area (Å²) < 4.78 is 31.9. The summed E-state index contributed by atoms with van der Waals surface area (Å²) in [5.74, 6) is 0. The summed E-state index contributed by atoms with van der Waals surface area (Å²) in [5.41, 5.74) is 0.485. The lowest BCUT2D eigenvalue weighted by Crippen LogP contribution is -2.37. The van der Waals surface area contributed by atoms with Crippen LogP contribution in [0.2, 0.25) is 10.3 Å². The maximum atomic E-state index is 11.7. The molecule has 0 saturated heterocycles. The van der Waals surface area contributed by atoms with Crippen molar-refractivity contribution in [2.75, 3.05) is 4.72 Å².